The zero-order valence-corrected chi connectivity index (χ0v) is 14.6. The summed E-state index contributed by atoms with van der Waals surface area (Å²) in [5, 5.41) is 4.39. The molecule has 128 valence electrons. The molecular formula is C19H24FN3O. The van der Waals surface area contributed by atoms with Gasteiger partial charge in [0.2, 0.25) is 5.91 Å². The third kappa shape index (κ3) is 3.35. The molecule has 1 aliphatic heterocycles. The average Bonchev–Trinajstić information content (AvgIpc) is 3.08. The highest BCUT2D eigenvalue weighted by Gasteiger charge is 2.29. The van der Waals surface area contributed by atoms with Crippen LogP contribution in [-0.2, 0) is 24.7 Å². The molecule has 5 heteroatoms. The molecule has 0 spiro atoms. The van der Waals surface area contributed by atoms with E-state index in [1.165, 1.54) is 6.07 Å². The molecule has 0 radical (unpaired) electrons. The Morgan fingerprint density at radius 3 is 2.83 bits per heavy atom. The summed E-state index contributed by atoms with van der Waals surface area (Å²) in [6, 6.07) is 6.84. The Labute approximate surface area is 142 Å². The summed E-state index contributed by atoms with van der Waals surface area (Å²) < 4.78 is 15.2. The number of carbonyl (C=O) groups is 1. The van der Waals surface area contributed by atoms with Crippen LogP contribution in [-0.4, -0.2) is 33.2 Å². The third-order valence-electron chi connectivity index (χ3n) is 5.04. The van der Waals surface area contributed by atoms with Crippen LogP contribution in [0.2, 0.25) is 0 Å². The summed E-state index contributed by atoms with van der Waals surface area (Å²) in [5.74, 6) is -0.0712. The lowest BCUT2D eigenvalue weighted by atomic mass is 10.0. The van der Waals surface area contributed by atoms with Crippen LogP contribution in [0.3, 0.4) is 0 Å². The van der Waals surface area contributed by atoms with Crippen LogP contribution in [0.15, 0.2) is 24.3 Å². The molecule has 1 aromatic heterocycles. The van der Waals surface area contributed by atoms with Crippen molar-refractivity contribution in [2.75, 3.05) is 6.54 Å². The first-order valence-corrected chi connectivity index (χ1v) is 8.48. The highest BCUT2D eigenvalue weighted by Crippen LogP contribution is 2.23. The van der Waals surface area contributed by atoms with Gasteiger partial charge in [0, 0.05) is 30.9 Å². The molecule has 24 heavy (non-hydrogen) atoms. The van der Waals surface area contributed by atoms with E-state index < -0.39 is 0 Å². The molecule has 1 amide bonds. The van der Waals surface area contributed by atoms with Crippen molar-refractivity contribution in [1.29, 1.82) is 0 Å². The molecule has 4 nitrogen and oxygen atoms in total. The molecule has 0 N–H and O–H groups in total. The van der Waals surface area contributed by atoms with Crippen molar-refractivity contribution in [3.8, 4) is 0 Å². The second-order valence-corrected chi connectivity index (χ2v) is 6.67. The Bertz CT molecular complexity index is 753. The number of aromatic nitrogens is 2. The van der Waals surface area contributed by atoms with Crippen LogP contribution in [0.4, 0.5) is 4.39 Å². The van der Waals surface area contributed by atoms with Crippen molar-refractivity contribution in [3.05, 3.63) is 52.6 Å². The molecule has 3 rings (SSSR count). The molecule has 1 aromatic carbocycles. The Hall–Kier alpha value is -2.17. The number of hydrogen-bond acceptors (Lipinski definition) is 2. The lowest BCUT2D eigenvalue weighted by molar-refractivity contribution is -0.131. The van der Waals surface area contributed by atoms with Crippen molar-refractivity contribution in [2.24, 2.45) is 7.05 Å². The summed E-state index contributed by atoms with van der Waals surface area (Å²) in [6.07, 6.45) is 3.10. The predicted molar refractivity (Wildman–Crippen MR) is 91.2 cm³/mol. The predicted octanol–water partition coefficient (Wildman–Crippen LogP) is 2.95. The van der Waals surface area contributed by atoms with Gasteiger partial charge in [0.05, 0.1) is 12.1 Å². The minimum atomic E-state index is -0.218. The van der Waals surface area contributed by atoms with Gasteiger partial charge in [0.1, 0.15) is 5.82 Å². The zero-order chi connectivity index (χ0) is 17.3. The van der Waals surface area contributed by atoms with Crippen LogP contribution in [0.5, 0.6) is 0 Å². The first kappa shape index (κ1) is 16.7. The van der Waals surface area contributed by atoms with E-state index in [4.69, 9.17) is 0 Å². The van der Waals surface area contributed by atoms with Gasteiger partial charge in [0.15, 0.2) is 0 Å². The van der Waals surface area contributed by atoms with Crippen LogP contribution in [0.1, 0.15) is 35.4 Å². The maximum Gasteiger partial charge on any atom is 0.227 e. The Morgan fingerprint density at radius 1 is 1.38 bits per heavy atom. The number of amides is 1. The molecule has 2 heterocycles. The molecule has 1 aliphatic rings. The van der Waals surface area contributed by atoms with Crippen molar-refractivity contribution in [1.82, 2.24) is 14.7 Å². The highest BCUT2D eigenvalue weighted by molar-refractivity contribution is 5.80. The third-order valence-corrected chi connectivity index (χ3v) is 5.04. The highest BCUT2D eigenvalue weighted by atomic mass is 19.1. The van der Waals surface area contributed by atoms with Crippen LogP contribution >= 0.6 is 0 Å². The van der Waals surface area contributed by atoms with Gasteiger partial charge in [-0.1, -0.05) is 12.1 Å². The van der Waals surface area contributed by atoms with Crippen molar-refractivity contribution >= 4 is 5.91 Å². The fraction of sp³-hybridized carbons (Fsp3) is 0.474. The largest absolute Gasteiger partial charge is 0.339 e. The Kier molecular flexibility index (Phi) is 4.69. The number of likely N-dealkylation sites (tertiary alicyclic amines) is 1. The van der Waals surface area contributed by atoms with E-state index >= 15 is 0 Å². The molecule has 2 aromatic rings. The van der Waals surface area contributed by atoms with Crippen molar-refractivity contribution in [2.45, 2.75) is 45.6 Å². The standard InChI is InChI=1S/C19H24FN3O/c1-13-18(14(2)22(3)21-13)12-19(24)23-9-5-8-17(23)11-15-6-4-7-16(20)10-15/h4,6-7,10,17H,5,8-9,11-12H2,1-3H3/t17-/m0/s1. The van der Waals surface area contributed by atoms with E-state index in [0.717, 1.165) is 41.9 Å². The molecule has 0 bridgehead atoms. The maximum atomic E-state index is 13.4. The van der Waals surface area contributed by atoms with Crippen LogP contribution < -0.4 is 0 Å². The van der Waals surface area contributed by atoms with Crippen LogP contribution in [0, 0.1) is 19.7 Å². The van der Waals surface area contributed by atoms with Gasteiger partial charge in [-0.25, -0.2) is 4.39 Å². The summed E-state index contributed by atoms with van der Waals surface area (Å²) >= 11 is 0. The molecule has 1 atom stereocenters. The van der Waals surface area contributed by atoms with Gasteiger partial charge in [-0.2, -0.15) is 5.10 Å². The second-order valence-electron chi connectivity index (χ2n) is 6.67. The van der Waals surface area contributed by atoms with Gasteiger partial charge in [-0.15, -0.1) is 0 Å². The first-order chi connectivity index (χ1) is 11.5. The van der Waals surface area contributed by atoms with Gasteiger partial charge in [0.25, 0.3) is 0 Å². The molecule has 1 saturated heterocycles. The van der Waals surface area contributed by atoms with Crippen molar-refractivity contribution in [3.63, 3.8) is 0 Å². The van der Waals surface area contributed by atoms with E-state index in [1.54, 1.807) is 12.1 Å². The molecule has 0 aliphatic carbocycles. The number of carbonyl (C=O) groups excluding carboxylic acids is 1. The average molecular weight is 329 g/mol. The van der Waals surface area contributed by atoms with E-state index in [0.29, 0.717) is 12.8 Å². The quantitative estimate of drug-likeness (QED) is 0.865. The number of halogens is 1. The lowest BCUT2D eigenvalue weighted by Crippen LogP contribution is -2.38. The summed E-state index contributed by atoms with van der Waals surface area (Å²) in [4.78, 5) is 14.8. The molecule has 0 unspecified atom stereocenters. The van der Waals surface area contributed by atoms with Gasteiger partial charge in [-0.3, -0.25) is 9.48 Å². The number of benzene rings is 1. The fourth-order valence-electron chi connectivity index (χ4n) is 3.64. The SMILES string of the molecule is Cc1nn(C)c(C)c1CC(=O)N1CCC[C@H]1Cc1cccc(F)c1. The van der Waals surface area contributed by atoms with Crippen molar-refractivity contribution < 1.29 is 9.18 Å². The maximum absolute atomic E-state index is 13.4. The Morgan fingerprint density at radius 2 is 2.17 bits per heavy atom. The molecular weight excluding hydrogens is 305 g/mol. The minimum absolute atomic E-state index is 0.146. The van der Waals surface area contributed by atoms with E-state index in [1.807, 2.05) is 36.5 Å². The first-order valence-electron chi connectivity index (χ1n) is 8.48. The number of nitrogens with zero attached hydrogens (tertiary/aromatic N) is 3. The van der Waals surface area contributed by atoms with E-state index in [2.05, 4.69) is 5.10 Å². The monoisotopic (exact) mass is 329 g/mol. The summed E-state index contributed by atoms with van der Waals surface area (Å²) in [6.45, 7) is 4.73. The smallest absolute Gasteiger partial charge is 0.227 e. The van der Waals surface area contributed by atoms with E-state index in [9.17, 15) is 9.18 Å². The Balaban J connectivity index is 1.71. The summed E-state index contributed by atoms with van der Waals surface area (Å²) in [5.41, 5.74) is 3.94. The topological polar surface area (TPSA) is 38.1 Å². The summed E-state index contributed by atoms with van der Waals surface area (Å²) in [7, 11) is 1.90. The normalized spacial score (nSPS) is 17.5. The van der Waals surface area contributed by atoms with Crippen LogP contribution in [0.25, 0.3) is 0 Å². The molecule has 1 fully saturated rings. The lowest BCUT2D eigenvalue weighted by Gasteiger charge is -2.25. The van der Waals surface area contributed by atoms with Gasteiger partial charge in [-0.05, 0) is 50.8 Å². The van der Waals surface area contributed by atoms with Gasteiger partial charge < -0.3 is 4.90 Å². The number of rotatable bonds is 4. The van der Waals surface area contributed by atoms with E-state index in [-0.39, 0.29) is 17.8 Å². The fourth-order valence-corrected chi connectivity index (χ4v) is 3.64. The second kappa shape index (κ2) is 6.75. The zero-order valence-electron chi connectivity index (χ0n) is 14.6. The number of hydrogen-bond donors (Lipinski definition) is 0. The minimum Gasteiger partial charge on any atom is -0.339 e. The molecule has 0 saturated carbocycles. The number of aryl methyl sites for hydroxylation is 2. The van der Waals surface area contributed by atoms with Gasteiger partial charge >= 0.3 is 0 Å².